The lowest BCUT2D eigenvalue weighted by molar-refractivity contribution is -0.161. The minimum Gasteiger partial charge on any atom is -0.462 e. The molecule has 1 rings (SSSR count). The third kappa shape index (κ3) is 28.5. The van der Waals surface area contributed by atoms with Crippen molar-refractivity contribution in [1.29, 1.82) is 0 Å². The van der Waals surface area contributed by atoms with Crippen molar-refractivity contribution in [2.45, 2.75) is 192 Å². The number of phosphoric acid groups is 1. The molecule has 0 heterocycles. The highest BCUT2D eigenvalue weighted by molar-refractivity contribution is 7.47. The van der Waals surface area contributed by atoms with E-state index >= 15 is 0 Å². The van der Waals surface area contributed by atoms with Gasteiger partial charge >= 0.3 is 19.8 Å². The van der Waals surface area contributed by atoms with Crippen LogP contribution in [0.5, 0.6) is 0 Å². The van der Waals surface area contributed by atoms with Gasteiger partial charge in [0.1, 0.15) is 12.7 Å². The summed E-state index contributed by atoms with van der Waals surface area (Å²) in [5.41, 5.74) is 0. The molecule has 0 bridgehead atoms. The number of ether oxygens (including phenoxy) is 2. The molecule has 338 valence electrons. The summed E-state index contributed by atoms with van der Waals surface area (Å²) in [6.45, 7) is 1.99. The summed E-state index contributed by atoms with van der Waals surface area (Å²) in [5, 5.41) is 49.7. The van der Waals surface area contributed by atoms with Crippen LogP contribution in [0.3, 0.4) is 0 Å². The maximum absolute atomic E-state index is 12.7. The first-order valence-corrected chi connectivity index (χ1v) is 23.7. The maximum Gasteiger partial charge on any atom is 0.472 e. The number of hydrogen-bond acceptors (Lipinski definition) is 12. The van der Waals surface area contributed by atoms with Gasteiger partial charge < -0.3 is 39.9 Å². The van der Waals surface area contributed by atoms with E-state index in [-0.39, 0.29) is 31.3 Å². The fourth-order valence-electron chi connectivity index (χ4n) is 6.90. The summed E-state index contributed by atoms with van der Waals surface area (Å²) in [6.07, 6.45) is 27.4. The molecule has 0 radical (unpaired) electrons. The third-order valence-corrected chi connectivity index (χ3v) is 11.3. The fourth-order valence-corrected chi connectivity index (χ4v) is 7.69. The summed E-state index contributed by atoms with van der Waals surface area (Å²) >= 11 is 0. The molecule has 0 aromatic rings. The minimum atomic E-state index is -4.68. The second-order valence-corrected chi connectivity index (χ2v) is 17.2. The quantitative estimate of drug-likeness (QED) is 0.0116. The number of carbonyl (C=O) groups is 2. The Morgan fingerprint density at radius 2 is 1.29 bits per heavy atom. The predicted molar refractivity (Wildman–Crippen MR) is 226 cm³/mol. The van der Waals surface area contributed by atoms with Crippen LogP contribution in [0.2, 0.25) is 0 Å². The van der Waals surface area contributed by atoms with Crippen LogP contribution in [0.4, 0.5) is 0 Å². The molecule has 0 spiro atoms. The van der Waals surface area contributed by atoms with E-state index in [2.05, 4.69) is 42.7 Å². The second-order valence-electron chi connectivity index (χ2n) is 15.7. The van der Waals surface area contributed by atoms with Gasteiger partial charge in [0.15, 0.2) is 6.10 Å². The van der Waals surface area contributed by atoms with Crippen LogP contribution in [0.1, 0.15) is 162 Å². The van der Waals surface area contributed by atoms with Gasteiger partial charge in [-0.3, -0.25) is 18.6 Å². The highest BCUT2D eigenvalue weighted by atomic mass is 31.2. The zero-order valence-electron chi connectivity index (χ0n) is 35.6. The standard InChI is InChI=1S/C44H79O13P/c1-3-5-7-8-9-10-11-12-13-14-15-16-17-18-23-27-43(50)54-34-38(35-56-58(52,53)55-33-37(47)32-45)57-44(51)28-24-20-19-22-26-39-40(42(49)31-41(39)48)30-29-36(46)25-21-6-4-2/h10-13,29-30,36-42,45-49H,3-9,14-28,31-35H2,1-2H3,(H,52,53)/b11-10-,13-12-,30-29+/t36-,37-,38+,39+,40+,41-,42+/m0/s1. The summed E-state index contributed by atoms with van der Waals surface area (Å²) in [4.78, 5) is 35.2. The van der Waals surface area contributed by atoms with Gasteiger partial charge in [-0.1, -0.05) is 127 Å². The highest BCUT2D eigenvalue weighted by Gasteiger charge is 2.39. The molecule has 0 aliphatic heterocycles. The first kappa shape index (κ1) is 54.1. The van der Waals surface area contributed by atoms with Gasteiger partial charge in [0.05, 0.1) is 38.1 Å². The van der Waals surface area contributed by atoms with E-state index in [1.165, 1.54) is 25.7 Å². The van der Waals surface area contributed by atoms with Gasteiger partial charge in [-0.25, -0.2) is 4.57 Å². The zero-order valence-corrected chi connectivity index (χ0v) is 36.5. The molecule has 6 N–H and O–H groups in total. The number of allylic oxidation sites excluding steroid dienone is 4. The molecule has 1 aliphatic rings. The van der Waals surface area contributed by atoms with Crippen LogP contribution in [0, 0.1) is 11.8 Å². The Bertz CT molecular complexity index is 1180. The van der Waals surface area contributed by atoms with Crippen LogP contribution in [-0.4, -0.2) is 99.3 Å². The molecule has 8 atom stereocenters. The van der Waals surface area contributed by atoms with Crippen molar-refractivity contribution >= 4 is 19.8 Å². The molecule has 13 nitrogen and oxygen atoms in total. The molecule has 0 amide bonds. The molecule has 0 aromatic heterocycles. The van der Waals surface area contributed by atoms with Gasteiger partial charge in [-0.2, -0.15) is 0 Å². The second kappa shape index (κ2) is 34.7. The number of hydrogen-bond donors (Lipinski definition) is 6. The fraction of sp³-hybridized carbons (Fsp3) is 0.818. The first-order valence-electron chi connectivity index (χ1n) is 22.2. The van der Waals surface area contributed by atoms with Crippen LogP contribution < -0.4 is 0 Å². The normalized spacial score (nSPS) is 21.2. The van der Waals surface area contributed by atoms with Crippen molar-refractivity contribution in [2.24, 2.45) is 11.8 Å². The molecule has 14 heteroatoms. The average Bonchev–Trinajstić information content (AvgIpc) is 3.47. The lowest BCUT2D eigenvalue weighted by atomic mass is 9.88. The largest absolute Gasteiger partial charge is 0.472 e. The monoisotopic (exact) mass is 847 g/mol. The van der Waals surface area contributed by atoms with Crippen LogP contribution >= 0.6 is 7.82 Å². The van der Waals surface area contributed by atoms with Gasteiger partial charge in [0.2, 0.25) is 0 Å². The van der Waals surface area contributed by atoms with Gasteiger partial charge in [0, 0.05) is 25.2 Å². The highest BCUT2D eigenvalue weighted by Crippen LogP contribution is 2.43. The Balaban J connectivity index is 2.46. The van der Waals surface area contributed by atoms with Crippen molar-refractivity contribution in [2.75, 3.05) is 26.4 Å². The Morgan fingerprint density at radius 1 is 0.724 bits per heavy atom. The Labute approximate surface area is 348 Å². The number of aliphatic hydroxyl groups excluding tert-OH is 5. The number of aliphatic hydroxyl groups is 5. The number of phosphoric ester groups is 1. The van der Waals surface area contributed by atoms with E-state index < -0.39 is 70.1 Å². The third-order valence-electron chi connectivity index (χ3n) is 10.4. The molecular formula is C44H79O13P. The minimum absolute atomic E-state index is 0.0537. The molecule has 0 saturated heterocycles. The van der Waals surface area contributed by atoms with E-state index in [4.69, 9.17) is 19.1 Å². The number of unbranched alkanes of at least 4 members (excludes halogenated alkanes) is 14. The lowest BCUT2D eigenvalue weighted by Gasteiger charge is -2.21. The lowest BCUT2D eigenvalue weighted by Crippen LogP contribution is -2.29. The van der Waals surface area contributed by atoms with E-state index in [1.54, 1.807) is 6.08 Å². The molecule has 0 aromatic carbocycles. The predicted octanol–water partition coefficient (Wildman–Crippen LogP) is 7.94. The number of rotatable bonds is 37. The number of carbonyl (C=O) groups excluding carboxylic acids is 2. The van der Waals surface area contributed by atoms with Gasteiger partial charge in [-0.15, -0.1) is 0 Å². The molecule has 1 saturated carbocycles. The summed E-state index contributed by atoms with van der Waals surface area (Å²) in [7, 11) is -4.68. The summed E-state index contributed by atoms with van der Waals surface area (Å²) < 4.78 is 32.7. The Morgan fingerprint density at radius 3 is 1.95 bits per heavy atom. The smallest absolute Gasteiger partial charge is 0.462 e. The van der Waals surface area contributed by atoms with E-state index in [9.17, 15) is 39.5 Å². The zero-order chi connectivity index (χ0) is 42.9. The maximum atomic E-state index is 12.7. The van der Waals surface area contributed by atoms with E-state index in [1.807, 2.05) is 6.08 Å². The van der Waals surface area contributed by atoms with Gasteiger partial charge in [-0.05, 0) is 57.3 Å². The van der Waals surface area contributed by atoms with Crippen LogP contribution in [-0.2, 0) is 32.7 Å². The van der Waals surface area contributed by atoms with Gasteiger partial charge in [0.25, 0.3) is 0 Å². The van der Waals surface area contributed by atoms with E-state index in [0.717, 1.165) is 70.6 Å². The molecule has 1 unspecified atom stereocenters. The average molecular weight is 847 g/mol. The first-order chi connectivity index (χ1) is 27.9. The van der Waals surface area contributed by atoms with Crippen molar-refractivity contribution in [3.05, 3.63) is 36.5 Å². The molecule has 1 fully saturated rings. The molecular weight excluding hydrogens is 767 g/mol. The topological polar surface area (TPSA) is 210 Å². The van der Waals surface area contributed by atoms with Crippen molar-refractivity contribution < 1.29 is 63.1 Å². The summed E-state index contributed by atoms with van der Waals surface area (Å²) in [6, 6.07) is 0. The summed E-state index contributed by atoms with van der Waals surface area (Å²) in [5.74, 6) is -1.42. The SMILES string of the molecule is CCCCCC/C=C\C=C/CCCCCCCC(=O)OC[C@H](COP(=O)(O)OC[C@@H](O)CO)OC(=O)CCCCCC[C@@H]1[C@@H](/C=C/[C@@H](O)CCCCC)[C@H](O)C[C@@H]1O. The Kier molecular flexibility index (Phi) is 32.4. The van der Waals surface area contributed by atoms with E-state index in [0.29, 0.717) is 38.5 Å². The van der Waals surface area contributed by atoms with Crippen molar-refractivity contribution in [3.63, 3.8) is 0 Å². The van der Waals surface area contributed by atoms with Crippen LogP contribution in [0.25, 0.3) is 0 Å². The van der Waals surface area contributed by atoms with Crippen molar-refractivity contribution in [3.8, 4) is 0 Å². The Hall–Kier alpha value is -1.93. The molecule has 1 aliphatic carbocycles. The van der Waals surface area contributed by atoms with Crippen molar-refractivity contribution in [1.82, 2.24) is 0 Å². The van der Waals surface area contributed by atoms with Crippen LogP contribution in [0.15, 0.2) is 36.5 Å². The number of esters is 2. The molecule has 58 heavy (non-hydrogen) atoms.